The molecular formula is C24H23N3O3S. The van der Waals surface area contributed by atoms with Crippen molar-refractivity contribution < 1.29 is 14.3 Å². The molecule has 158 valence electrons. The second-order valence-corrected chi connectivity index (χ2v) is 7.15. The van der Waals surface area contributed by atoms with Crippen LogP contribution >= 0.6 is 12.2 Å². The molecule has 6 nitrogen and oxygen atoms in total. The first-order valence-electron chi connectivity index (χ1n) is 9.70. The summed E-state index contributed by atoms with van der Waals surface area (Å²) >= 11 is 5.26. The Morgan fingerprint density at radius 2 is 1.55 bits per heavy atom. The molecule has 0 saturated carbocycles. The van der Waals surface area contributed by atoms with Crippen molar-refractivity contribution in [3.05, 3.63) is 95.6 Å². The van der Waals surface area contributed by atoms with Gasteiger partial charge in [-0.15, -0.1) is 0 Å². The molecule has 0 radical (unpaired) electrons. The van der Waals surface area contributed by atoms with Crippen LogP contribution in [-0.2, 0) is 17.8 Å². The van der Waals surface area contributed by atoms with Gasteiger partial charge in [-0.2, -0.15) is 0 Å². The van der Waals surface area contributed by atoms with Crippen LogP contribution in [0.3, 0.4) is 0 Å². The highest BCUT2D eigenvalue weighted by Crippen LogP contribution is 2.15. The fraction of sp³-hybridized carbons (Fsp3) is 0.125. The zero-order valence-corrected chi connectivity index (χ0v) is 17.9. The molecule has 0 aliphatic heterocycles. The van der Waals surface area contributed by atoms with Crippen molar-refractivity contribution in [3.63, 3.8) is 0 Å². The largest absolute Gasteiger partial charge is 0.497 e. The van der Waals surface area contributed by atoms with Crippen molar-refractivity contribution in [2.75, 3.05) is 12.4 Å². The maximum atomic E-state index is 12.6. The van der Waals surface area contributed by atoms with Gasteiger partial charge in [-0.3, -0.25) is 9.59 Å². The zero-order valence-electron chi connectivity index (χ0n) is 17.1. The molecular weight excluding hydrogens is 410 g/mol. The Bertz CT molecular complexity index is 1050. The fourth-order valence-electron chi connectivity index (χ4n) is 2.92. The van der Waals surface area contributed by atoms with Gasteiger partial charge in [0.2, 0.25) is 5.91 Å². The molecule has 0 aliphatic carbocycles. The highest BCUT2D eigenvalue weighted by molar-refractivity contribution is 7.80. The number of hydrogen-bond acceptors (Lipinski definition) is 4. The van der Waals surface area contributed by atoms with Gasteiger partial charge in [-0.25, -0.2) is 0 Å². The first-order valence-corrected chi connectivity index (χ1v) is 10.1. The molecule has 0 aromatic heterocycles. The average Bonchev–Trinajstić information content (AvgIpc) is 2.79. The number of para-hydroxylation sites is 1. The molecule has 3 aromatic carbocycles. The quantitative estimate of drug-likeness (QED) is 0.496. The molecule has 0 unspecified atom stereocenters. The van der Waals surface area contributed by atoms with Crippen molar-refractivity contribution >= 4 is 34.8 Å². The molecule has 0 heterocycles. The predicted octanol–water partition coefficient (Wildman–Crippen LogP) is 3.68. The minimum absolute atomic E-state index is 0.127. The van der Waals surface area contributed by atoms with Crippen LogP contribution in [0, 0.1) is 0 Å². The predicted molar refractivity (Wildman–Crippen MR) is 125 cm³/mol. The summed E-state index contributed by atoms with van der Waals surface area (Å²) in [5.74, 6) is 0.233. The standard InChI is InChI=1S/C24H23N3O3S/c1-30-19-13-11-17(12-14-19)15-22(28)27-24(31)26-21-10-6-5-9-20(21)23(29)25-16-18-7-3-2-4-8-18/h2-14H,15-16H2,1H3,(H,25,29)(H2,26,27,28,31). The molecule has 7 heteroatoms. The number of rotatable bonds is 7. The highest BCUT2D eigenvalue weighted by Gasteiger charge is 2.13. The molecule has 0 saturated heterocycles. The van der Waals surface area contributed by atoms with E-state index in [9.17, 15) is 9.59 Å². The Balaban J connectivity index is 1.56. The van der Waals surface area contributed by atoms with Gasteiger partial charge in [-0.1, -0.05) is 54.6 Å². The highest BCUT2D eigenvalue weighted by atomic mass is 32.1. The summed E-state index contributed by atoms with van der Waals surface area (Å²) in [4.78, 5) is 24.9. The second kappa shape index (κ2) is 10.9. The smallest absolute Gasteiger partial charge is 0.253 e. The Morgan fingerprint density at radius 1 is 0.871 bits per heavy atom. The van der Waals surface area contributed by atoms with Crippen molar-refractivity contribution in [2.45, 2.75) is 13.0 Å². The van der Waals surface area contributed by atoms with Crippen LogP contribution in [0.5, 0.6) is 5.75 Å². The van der Waals surface area contributed by atoms with E-state index in [1.807, 2.05) is 42.5 Å². The summed E-state index contributed by atoms with van der Waals surface area (Å²) < 4.78 is 5.11. The molecule has 0 aliphatic rings. The van der Waals surface area contributed by atoms with E-state index in [2.05, 4.69) is 16.0 Å². The number of methoxy groups -OCH3 is 1. The van der Waals surface area contributed by atoms with E-state index in [0.29, 0.717) is 17.8 Å². The third-order valence-electron chi connectivity index (χ3n) is 4.49. The molecule has 3 rings (SSSR count). The number of thiocarbonyl (C=S) groups is 1. The molecule has 3 N–H and O–H groups in total. The minimum atomic E-state index is -0.256. The fourth-order valence-corrected chi connectivity index (χ4v) is 3.14. The first kappa shape index (κ1) is 22.0. The van der Waals surface area contributed by atoms with E-state index >= 15 is 0 Å². The summed E-state index contributed by atoms with van der Waals surface area (Å²) in [7, 11) is 1.59. The molecule has 31 heavy (non-hydrogen) atoms. The van der Waals surface area contributed by atoms with Gasteiger partial charge in [0.25, 0.3) is 5.91 Å². The van der Waals surface area contributed by atoms with Gasteiger partial charge >= 0.3 is 0 Å². The normalized spacial score (nSPS) is 10.1. The van der Waals surface area contributed by atoms with Crippen molar-refractivity contribution in [1.82, 2.24) is 10.6 Å². The third kappa shape index (κ3) is 6.65. The number of ether oxygens (including phenoxy) is 1. The SMILES string of the molecule is COc1ccc(CC(=O)NC(=S)Nc2ccccc2C(=O)NCc2ccccc2)cc1. The number of amides is 2. The van der Waals surface area contributed by atoms with Gasteiger partial charge in [0.1, 0.15) is 5.75 Å². The number of hydrogen-bond donors (Lipinski definition) is 3. The first-order chi connectivity index (χ1) is 15.0. The Kier molecular flexibility index (Phi) is 7.73. The van der Waals surface area contributed by atoms with Crippen LogP contribution in [0.1, 0.15) is 21.5 Å². The Hall–Kier alpha value is -3.71. The van der Waals surface area contributed by atoms with Crippen LogP contribution in [0.4, 0.5) is 5.69 Å². The van der Waals surface area contributed by atoms with Crippen LogP contribution in [0.25, 0.3) is 0 Å². The van der Waals surface area contributed by atoms with Crippen LogP contribution in [-0.4, -0.2) is 24.0 Å². The van der Waals surface area contributed by atoms with E-state index < -0.39 is 0 Å². The number of carbonyl (C=O) groups is 2. The summed E-state index contributed by atoms with van der Waals surface area (Å²) in [5.41, 5.74) is 2.79. The van der Waals surface area contributed by atoms with Crippen molar-refractivity contribution in [1.29, 1.82) is 0 Å². The lowest BCUT2D eigenvalue weighted by atomic mass is 10.1. The lowest BCUT2D eigenvalue weighted by Crippen LogP contribution is -2.35. The topological polar surface area (TPSA) is 79.5 Å². The number of carbonyl (C=O) groups excluding carboxylic acids is 2. The summed E-state index contributed by atoms with van der Waals surface area (Å²) in [6.07, 6.45) is 0.172. The van der Waals surface area contributed by atoms with Crippen molar-refractivity contribution in [3.8, 4) is 5.75 Å². The summed E-state index contributed by atoms with van der Waals surface area (Å²) in [5, 5.41) is 8.61. The molecule has 0 fully saturated rings. The van der Waals surface area contributed by atoms with Gasteiger partial charge < -0.3 is 20.7 Å². The average molecular weight is 434 g/mol. The Labute approximate surface area is 186 Å². The third-order valence-corrected chi connectivity index (χ3v) is 4.70. The Morgan fingerprint density at radius 3 is 2.26 bits per heavy atom. The minimum Gasteiger partial charge on any atom is -0.497 e. The van der Waals surface area contributed by atoms with Gasteiger partial charge in [0.15, 0.2) is 5.11 Å². The maximum Gasteiger partial charge on any atom is 0.253 e. The van der Waals surface area contributed by atoms with Crippen LogP contribution < -0.4 is 20.7 Å². The van der Waals surface area contributed by atoms with Gasteiger partial charge in [0.05, 0.1) is 24.8 Å². The maximum absolute atomic E-state index is 12.6. The lowest BCUT2D eigenvalue weighted by Gasteiger charge is -2.14. The lowest BCUT2D eigenvalue weighted by molar-refractivity contribution is -0.119. The molecule has 0 spiro atoms. The second-order valence-electron chi connectivity index (χ2n) is 6.74. The van der Waals surface area contributed by atoms with E-state index in [0.717, 1.165) is 16.9 Å². The van der Waals surface area contributed by atoms with Crippen LogP contribution in [0.15, 0.2) is 78.9 Å². The number of nitrogens with one attached hydrogen (secondary N) is 3. The molecule has 2 amide bonds. The van der Waals surface area contributed by atoms with Gasteiger partial charge in [0, 0.05) is 6.54 Å². The zero-order chi connectivity index (χ0) is 22.1. The molecule has 0 bridgehead atoms. The summed E-state index contributed by atoms with van der Waals surface area (Å²) in [6, 6.07) is 23.9. The molecule has 0 atom stereocenters. The number of benzene rings is 3. The van der Waals surface area contributed by atoms with Crippen molar-refractivity contribution in [2.24, 2.45) is 0 Å². The molecule has 3 aromatic rings. The van der Waals surface area contributed by atoms with E-state index in [1.54, 1.807) is 43.5 Å². The van der Waals surface area contributed by atoms with E-state index in [-0.39, 0.29) is 23.3 Å². The monoisotopic (exact) mass is 433 g/mol. The number of anilines is 1. The van der Waals surface area contributed by atoms with E-state index in [4.69, 9.17) is 17.0 Å². The van der Waals surface area contributed by atoms with Crippen LogP contribution in [0.2, 0.25) is 0 Å². The van der Waals surface area contributed by atoms with E-state index in [1.165, 1.54) is 0 Å². The summed E-state index contributed by atoms with van der Waals surface area (Å²) in [6.45, 7) is 0.414. The van der Waals surface area contributed by atoms with Gasteiger partial charge in [-0.05, 0) is 47.6 Å².